The van der Waals surface area contributed by atoms with Crippen LogP contribution in [0.25, 0.3) is 16.4 Å². The lowest BCUT2D eigenvalue weighted by molar-refractivity contribution is 0.459. The first-order valence-electron chi connectivity index (χ1n) is 6.45. The maximum atomic E-state index is 5.88. The van der Waals surface area contributed by atoms with Crippen molar-refractivity contribution < 1.29 is 4.74 Å². The predicted molar refractivity (Wildman–Crippen MR) is 79.2 cm³/mol. The SMILES string of the molecule is Nc1nnc2c3ccccc3c(Oc3ccccc3)nn12. The number of para-hydroxylation sites is 1. The highest BCUT2D eigenvalue weighted by atomic mass is 16.5. The normalized spacial score (nSPS) is 11.0. The lowest BCUT2D eigenvalue weighted by Gasteiger charge is -2.08. The van der Waals surface area contributed by atoms with Crippen LogP contribution in [-0.4, -0.2) is 19.8 Å². The third-order valence-electron chi connectivity index (χ3n) is 3.21. The molecule has 0 saturated carbocycles. The Morgan fingerprint density at radius 1 is 0.857 bits per heavy atom. The molecular formula is C15H11N5O. The van der Waals surface area contributed by atoms with E-state index in [9.17, 15) is 0 Å². The molecule has 0 aliphatic carbocycles. The van der Waals surface area contributed by atoms with Crippen molar-refractivity contribution in [2.45, 2.75) is 0 Å². The summed E-state index contributed by atoms with van der Waals surface area (Å²) in [7, 11) is 0. The number of hydrogen-bond acceptors (Lipinski definition) is 5. The van der Waals surface area contributed by atoms with Crippen LogP contribution in [0.2, 0.25) is 0 Å². The topological polar surface area (TPSA) is 78.3 Å². The Morgan fingerprint density at radius 3 is 2.38 bits per heavy atom. The van der Waals surface area contributed by atoms with Crippen molar-refractivity contribution in [1.82, 2.24) is 19.8 Å². The Bertz CT molecular complexity index is 933. The highest BCUT2D eigenvalue weighted by molar-refractivity contribution is 5.96. The van der Waals surface area contributed by atoms with Gasteiger partial charge in [-0.3, -0.25) is 0 Å². The number of hydrogen-bond donors (Lipinski definition) is 1. The number of fused-ring (bicyclic) bond motifs is 3. The van der Waals surface area contributed by atoms with E-state index in [-0.39, 0.29) is 5.95 Å². The van der Waals surface area contributed by atoms with Gasteiger partial charge < -0.3 is 10.5 Å². The smallest absolute Gasteiger partial charge is 0.245 e. The summed E-state index contributed by atoms with van der Waals surface area (Å²) in [6.45, 7) is 0. The van der Waals surface area contributed by atoms with Crippen molar-refractivity contribution >= 4 is 22.4 Å². The van der Waals surface area contributed by atoms with Crippen LogP contribution >= 0.6 is 0 Å². The van der Waals surface area contributed by atoms with Crippen LogP contribution in [0, 0.1) is 0 Å². The molecule has 6 nitrogen and oxygen atoms in total. The summed E-state index contributed by atoms with van der Waals surface area (Å²) in [5, 5.41) is 14.1. The standard InChI is InChI=1S/C15H11N5O/c16-15-18-17-13-11-8-4-5-9-12(11)14(19-20(13)15)21-10-6-2-1-3-7-10/h1-9H,(H2,16,18). The van der Waals surface area contributed by atoms with E-state index in [0.29, 0.717) is 17.3 Å². The van der Waals surface area contributed by atoms with Gasteiger partial charge in [0.2, 0.25) is 11.8 Å². The van der Waals surface area contributed by atoms with Crippen molar-refractivity contribution in [2.75, 3.05) is 5.73 Å². The van der Waals surface area contributed by atoms with Crippen LogP contribution in [0.3, 0.4) is 0 Å². The average molecular weight is 277 g/mol. The van der Waals surface area contributed by atoms with Gasteiger partial charge in [-0.15, -0.1) is 15.3 Å². The molecule has 0 aliphatic rings. The Labute approximate surface area is 119 Å². The third-order valence-corrected chi connectivity index (χ3v) is 3.21. The van der Waals surface area contributed by atoms with E-state index in [4.69, 9.17) is 10.5 Å². The highest BCUT2D eigenvalue weighted by Gasteiger charge is 2.13. The second-order valence-corrected chi connectivity index (χ2v) is 4.56. The molecule has 0 atom stereocenters. The fourth-order valence-electron chi connectivity index (χ4n) is 2.24. The summed E-state index contributed by atoms with van der Waals surface area (Å²) < 4.78 is 7.37. The van der Waals surface area contributed by atoms with Gasteiger partial charge >= 0.3 is 0 Å². The molecule has 0 fully saturated rings. The lowest BCUT2D eigenvalue weighted by Crippen LogP contribution is -2.01. The molecule has 21 heavy (non-hydrogen) atoms. The molecule has 2 heterocycles. The van der Waals surface area contributed by atoms with Gasteiger partial charge in [0.25, 0.3) is 0 Å². The van der Waals surface area contributed by atoms with Crippen LogP contribution in [0.4, 0.5) is 5.95 Å². The highest BCUT2D eigenvalue weighted by Crippen LogP contribution is 2.29. The number of ether oxygens (including phenoxy) is 1. The van der Waals surface area contributed by atoms with Crippen LogP contribution in [-0.2, 0) is 0 Å². The van der Waals surface area contributed by atoms with E-state index >= 15 is 0 Å². The van der Waals surface area contributed by atoms with Gasteiger partial charge in [0, 0.05) is 10.8 Å². The largest absolute Gasteiger partial charge is 0.437 e. The molecule has 0 radical (unpaired) electrons. The van der Waals surface area contributed by atoms with E-state index in [1.165, 1.54) is 4.52 Å². The monoisotopic (exact) mass is 277 g/mol. The van der Waals surface area contributed by atoms with Crippen molar-refractivity contribution in [3.8, 4) is 11.6 Å². The number of aromatic nitrogens is 4. The Balaban J connectivity index is 1.99. The Kier molecular flexibility index (Phi) is 2.47. The zero-order valence-electron chi connectivity index (χ0n) is 11.0. The van der Waals surface area contributed by atoms with Gasteiger partial charge in [0.1, 0.15) is 5.75 Å². The number of nitrogens with zero attached hydrogens (tertiary/aromatic N) is 4. The van der Waals surface area contributed by atoms with Gasteiger partial charge in [-0.2, -0.15) is 4.52 Å². The molecule has 0 amide bonds. The zero-order chi connectivity index (χ0) is 14.2. The number of rotatable bonds is 2. The molecule has 4 rings (SSSR count). The fraction of sp³-hybridized carbons (Fsp3) is 0. The van der Waals surface area contributed by atoms with E-state index in [2.05, 4.69) is 15.3 Å². The first-order chi connectivity index (χ1) is 10.3. The summed E-state index contributed by atoms with van der Waals surface area (Å²) in [6.07, 6.45) is 0. The average Bonchev–Trinajstić information content (AvgIpc) is 2.90. The zero-order valence-corrected chi connectivity index (χ0v) is 11.0. The number of nitrogen functional groups attached to an aromatic ring is 1. The van der Waals surface area contributed by atoms with Crippen LogP contribution in [0.5, 0.6) is 11.6 Å². The minimum absolute atomic E-state index is 0.230. The Hall–Kier alpha value is -3.15. The molecule has 0 aliphatic heterocycles. The first-order valence-corrected chi connectivity index (χ1v) is 6.45. The van der Waals surface area contributed by atoms with Crippen molar-refractivity contribution in [2.24, 2.45) is 0 Å². The van der Waals surface area contributed by atoms with Gasteiger partial charge in [0.15, 0.2) is 5.65 Å². The lowest BCUT2D eigenvalue weighted by atomic mass is 10.2. The molecule has 102 valence electrons. The van der Waals surface area contributed by atoms with Crippen molar-refractivity contribution in [3.05, 3.63) is 54.6 Å². The molecule has 6 heteroatoms. The minimum atomic E-state index is 0.230. The van der Waals surface area contributed by atoms with Crippen molar-refractivity contribution in [3.63, 3.8) is 0 Å². The van der Waals surface area contributed by atoms with Crippen molar-refractivity contribution in [1.29, 1.82) is 0 Å². The number of anilines is 1. The molecule has 2 N–H and O–H groups in total. The Morgan fingerprint density at radius 2 is 1.57 bits per heavy atom. The predicted octanol–water partition coefficient (Wildman–Crippen LogP) is 2.65. The molecule has 0 spiro atoms. The maximum Gasteiger partial charge on any atom is 0.245 e. The van der Waals surface area contributed by atoms with Crippen LogP contribution in [0.1, 0.15) is 0 Å². The molecule has 2 aromatic heterocycles. The van der Waals surface area contributed by atoms with Gasteiger partial charge in [-0.25, -0.2) is 0 Å². The van der Waals surface area contributed by atoms with Gasteiger partial charge in [-0.1, -0.05) is 36.4 Å². The molecule has 4 aromatic rings. The second-order valence-electron chi connectivity index (χ2n) is 4.56. The number of nitrogens with two attached hydrogens (primary N) is 1. The maximum absolute atomic E-state index is 5.88. The summed E-state index contributed by atoms with van der Waals surface area (Å²) >= 11 is 0. The first kappa shape index (κ1) is 11.7. The molecule has 2 aromatic carbocycles. The molecule has 0 unspecified atom stereocenters. The fourth-order valence-corrected chi connectivity index (χ4v) is 2.24. The molecule has 0 bridgehead atoms. The number of benzene rings is 2. The van der Waals surface area contributed by atoms with E-state index in [1.807, 2.05) is 54.6 Å². The van der Waals surface area contributed by atoms with Gasteiger partial charge in [0.05, 0.1) is 0 Å². The third kappa shape index (κ3) is 1.85. The summed E-state index contributed by atoms with van der Waals surface area (Å²) in [4.78, 5) is 0. The quantitative estimate of drug-likeness (QED) is 0.609. The van der Waals surface area contributed by atoms with Crippen LogP contribution in [0.15, 0.2) is 54.6 Å². The second kappa shape index (κ2) is 4.45. The van der Waals surface area contributed by atoms with Crippen LogP contribution < -0.4 is 10.5 Å². The summed E-state index contributed by atoms with van der Waals surface area (Å²) in [5.74, 6) is 1.41. The summed E-state index contributed by atoms with van der Waals surface area (Å²) in [5.41, 5.74) is 6.42. The molecule has 0 saturated heterocycles. The van der Waals surface area contributed by atoms with E-state index < -0.39 is 0 Å². The molecular weight excluding hydrogens is 266 g/mol. The minimum Gasteiger partial charge on any atom is -0.437 e. The van der Waals surface area contributed by atoms with E-state index in [0.717, 1.165) is 10.8 Å². The summed E-state index contributed by atoms with van der Waals surface area (Å²) in [6, 6.07) is 17.2. The van der Waals surface area contributed by atoms with E-state index in [1.54, 1.807) is 0 Å². The van der Waals surface area contributed by atoms with Gasteiger partial charge in [-0.05, 0) is 18.2 Å².